The first-order valence-electron chi connectivity index (χ1n) is 25.8. The van der Waals surface area contributed by atoms with Gasteiger partial charge in [0.1, 0.15) is 13.2 Å². The third kappa shape index (κ3) is 44.0. The zero-order valence-corrected chi connectivity index (χ0v) is 39.7. The molecule has 0 N–H and O–H groups in total. The van der Waals surface area contributed by atoms with Gasteiger partial charge in [-0.3, -0.25) is 14.4 Å². The van der Waals surface area contributed by atoms with Crippen LogP contribution in [0.2, 0.25) is 0 Å². The van der Waals surface area contributed by atoms with Gasteiger partial charge in [0.05, 0.1) is 0 Å². The first kappa shape index (κ1) is 56.4. The molecule has 0 fully saturated rings. The van der Waals surface area contributed by atoms with E-state index in [4.69, 9.17) is 14.2 Å². The number of unbranched alkanes of at least 4 members (excludes halogenated alkanes) is 30. The van der Waals surface area contributed by atoms with Crippen molar-refractivity contribution in [3.8, 4) is 0 Å². The molecule has 0 aliphatic carbocycles. The first-order chi connectivity index (χ1) is 28.3. The van der Waals surface area contributed by atoms with Gasteiger partial charge in [-0.25, -0.2) is 0 Å². The minimum absolute atomic E-state index is 0.0642. The Bertz CT molecular complexity index is 887. The van der Waals surface area contributed by atoms with Crippen LogP contribution in [0.25, 0.3) is 0 Å². The van der Waals surface area contributed by atoms with Gasteiger partial charge in [-0.1, -0.05) is 247 Å². The molecule has 0 radical (unpaired) electrons. The van der Waals surface area contributed by atoms with E-state index in [1.807, 2.05) is 0 Å². The molecule has 344 valence electrons. The lowest BCUT2D eigenvalue weighted by atomic mass is 10.00. The molecule has 0 aromatic carbocycles. The average molecular weight is 821 g/mol. The molecule has 2 atom stereocenters. The van der Waals surface area contributed by atoms with Crippen LogP contribution in [-0.2, 0) is 28.6 Å². The standard InChI is InChI=1S/C52H100O6/c1-6-8-9-10-11-12-13-20-24-27-34-39-44-52(55)58-49(46-57-51(54)43-38-33-29-28-31-36-41-48(5)7-2)45-56-50(53)42-37-32-26-23-21-18-16-14-15-17-19-22-25-30-35-40-47(3)4/h47-49H,6-46H2,1-5H3/t48?,49-/m0/s1. The summed E-state index contributed by atoms with van der Waals surface area (Å²) in [4.78, 5) is 37.9. The Hall–Kier alpha value is -1.59. The van der Waals surface area contributed by atoms with E-state index in [1.54, 1.807) is 0 Å². The summed E-state index contributed by atoms with van der Waals surface area (Å²) >= 11 is 0. The highest BCUT2D eigenvalue weighted by atomic mass is 16.6. The molecule has 0 aliphatic rings. The molecule has 1 unspecified atom stereocenters. The van der Waals surface area contributed by atoms with Crippen LogP contribution < -0.4 is 0 Å². The normalized spacial score (nSPS) is 12.5. The number of carbonyl (C=O) groups is 3. The molecule has 0 aliphatic heterocycles. The van der Waals surface area contributed by atoms with Crippen molar-refractivity contribution in [2.45, 2.75) is 291 Å². The maximum absolute atomic E-state index is 12.7. The molecule has 0 saturated heterocycles. The van der Waals surface area contributed by atoms with Crippen molar-refractivity contribution in [2.24, 2.45) is 11.8 Å². The maximum atomic E-state index is 12.7. The van der Waals surface area contributed by atoms with Crippen LogP contribution in [0.15, 0.2) is 0 Å². The Kier molecular flexibility index (Phi) is 43.7. The molecule has 58 heavy (non-hydrogen) atoms. The molecule has 0 bridgehead atoms. The number of hydrogen-bond donors (Lipinski definition) is 0. The molecule has 0 amide bonds. The summed E-state index contributed by atoms with van der Waals surface area (Å²) in [5, 5.41) is 0. The van der Waals surface area contributed by atoms with Crippen molar-refractivity contribution >= 4 is 17.9 Å². The van der Waals surface area contributed by atoms with Crippen LogP contribution >= 0.6 is 0 Å². The number of carbonyl (C=O) groups excluding carboxylic acids is 3. The smallest absolute Gasteiger partial charge is 0.306 e. The summed E-state index contributed by atoms with van der Waals surface area (Å²) in [6, 6.07) is 0. The SMILES string of the molecule is CCCCCCCCCCCCCCC(=O)O[C@@H](COC(=O)CCCCCCCCCCCCCCCCCC(C)C)COC(=O)CCCCCCCCC(C)CC. The molecular weight excluding hydrogens is 721 g/mol. The molecule has 0 spiro atoms. The zero-order valence-electron chi connectivity index (χ0n) is 39.7. The quantitative estimate of drug-likeness (QED) is 0.0346. The molecule has 0 aromatic rings. The fourth-order valence-corrected chi connectivity index (χ4v) is 7.78. The molecule has 0 saturated carbocycles. The number of ether oxygens (including phenoxy) is 3. The van der Waals surface area contributed by atoms with E-state index in [0.29, 0.717) is 19.3 Å². The van der Waals surface area contributed by atoms with Crippen molar-refractivity contribution in [1.29, 1.82) is 0 Å². The van der Waals surface area contributed by atoms with Gasteiger partial charge < -0.3 is 14.2 Å². The van der Waals surface area contributed by atoms with Crippen LogP contribution in [0, 0.1) is 11.8 Å². The van der Waals surface area contributed by atoms with Crippen molar-refractivity contribution in [3.05, 3.63) is 0 Å². The predicted molar refractivity (Wildman–Crippen MR) is 247 cm³/mol. The highest BCUT2D eigenvalue weighted by Crippen LogP contribution is 2.18. The van der Waals surface area contributed by atoms with Gasteiger partial charge in [0, 0.05) is 19.3 Å². The Morgan fingerprint density at radius 3 is 0.983 bits per heavy atom. The minimum atomic E-state index is -0.761. The van der Waals surface area contributed by atoms with Crippen LogP contribution in [-0.4, -0.2) is 37.2 Å². The molecule has 0 rings (SSSR count). The third-order valence-electron chi connectivity index (χ3n) is 12.1. The monoisotopic (exact) mass is 821 g/mol. The summed E-state index contributed by atoms with van der Waals surface area (Å²) < 4.78 is 16.8. The van der Waals surface area contributed by atoms with Gasteiger partial charge in [-0.2, -0.15) is 0 Å². The lowest BCUT2D eigenvalue weighted by Gasteiger charge is -2.18. The van der Waals surface area contributed by atoms with Crippen LogP contribution in [0.4, 0.5) is 0 Å². The largest absolute Gasteiger partial charge is 0.462 e. The number of hydrogen-bond acceptors (Lipinski definition) is 6. The van der Waals surface area contributed by atoms with Crippen molar-refractivity contribution in [3.63, 3.8) is 0 Å². The summed E-state index contributed by atoms with van der Waals surface area (Å²) in [5.41, 5.74) is 0. The molecular formula is C52H100O6. The van der Waals surface area contributed by atoms with E-state index >= 15 is 0 Å². The van der Waals surface area contributed by atoms with Gasteiger partial charge in [0.15, 0.2) is 6.10 Å². The topological polar surface area (TPSA) is 78.9 Å². The Labute approximate surface area is 361 Å². The average Bonchev–Trinajstić information content (AvgIpc) is 3.21. The zero-order chi connectivity index (χ0) is 42.6. The van der Waals surface area contributed by atoms with Gasteiger partial charge >= 0.3 is 17.9 Å². The van der Waals surface area contributed by atoms with E-state index in [9.17, 15) is 14.4 Å². The van der Waals surface area contributed by atoms with Crippen LogP contribution in [0.1, 0.15) is 285 Å². The fraction of sp³-hybridized carbons (Fsp3) is 0.942. The van der Waals surface area contributed by atoms with Crippen LogP contribution in [0.5, 0.6) is 0 Å². The van der Waals surface area contributed by atoms with E-state index < -0.39 is 6.10 Å². The second kappa shape index (κ2) is 44.9. The molecule has 0 heterocycles. The Morgan fingerprint density at radius 1 is 0.362 bits per heavy atom. The Morgan fingerprint density at radius 2 is 0.655 bits per heavy atom. The number of esters is 3. The molecule has 0 aromatic heterocycles. The van der Waals surface area contributed by atoms with Crippen molar-refractivity contribution in [2.75, 3.05) is 13.2 Å². The first-order valence-corrected chi connectivity index (χ1v) is 25.8. The highest BCUT2D eigenvalue weighted by Gasteiger charge is 2.19. The predicted octanol–water partition coefficient (Wildman–Crippen LogP) is 16.5. The van der Waals surface area contributed by atoms with Crippen molar-refractivity contribution < 1.29 is 28.6 Å². The van der Waals surface area contributed by atoms with Gasteiger partial charge in [-0.15, -0.1) is 0 Å². The van der Waals surface area contributed by atoms with E-state index in [0.717, 1.165) is 69.6 Å². The maximum Gasteiger partial charge on any atom is 0.306 e. The molecule has 6 heteroatoms. The summed E-state index contributed by atoms with van der Waals surface area (Å²) in [6.45, 7) is 11.4. The second-order valence-corrected chi connectivity index (χ2v) is 18.5. The van der Waals surface area contributed by atoms with Gasteiger partial charge in [0.25, 0.3) is 0 Å². The van der Waals surface area contributed by atoms with Crippen LogP contribution in [0.3, 0.4) is 0 Å². The highest BCUT2D eigenvalue weighted by molar-refractivity contribution is 5.71. The Balaban J connectivity index is 4.26. The number of rotatable bonds is 46. The van der Waals surface area contributed by atoms with E-state index in [1.165, 1.54) is 173 Å². The van der Waals surface area contributed by atoms with Gasteiger partial charge in [-0.05, 0) is 31.1 Å². The lowest BCUT2D eigenvalue weighted by molar-refractivity contribution is -0.167. The molecule has 6 nitrogen and oxygen atoms in total. The second-order valence-electron chi connectivity index (χ2n) is 18.5. The van der Waals surface area contributed by atoms with E-state index in [-0.39, 0.29) is 31.1 Å². The summed E-state index contributed by atoms with van der Waals surface area (Å²) in [7, 11) is 0. The van der Waals surface area contributed by atoms with E-state index in [2.05, 4.69) is 34.6 Å². The van der Waals surface area contributed by atoms with Crippen molar-refractivity contribution in [1.82, 2.24) is 0 Å². The summed E-state index contributed by atoms with van der Waals surface area (Å²) in [5.74, 6) is 0.812. The fourth-order valence-electron chi connectivity index (χ4n) is 7.78. The third-order valence-corrected chi connectivity index (χ3v) is 12.1. The lowest BCUT2D eigenvalue weighted by Crippen LogP contribution is -2.30. The minimum Gasteiger partial charge on any atom is -0.462 e. The van der Waals surface area contributed by atoms with Gasteiger partial charge in [0.2, 0.25) is 0 Å². The summed E-state index contributed by atoms with van der Waals surface area (Å²) in [6.07, 6.45) is 45.2.